The molecule has 128 valence electrons. The number of fused-ring (bicyclic) bond motifs is 1. The number of H-pyrrole nitrogens is 1. The molecule has 1 heterocycles. The van der Waals surface area contributed by atoms with Crippen molar-refractivity contribution in [2.24, 2.45) is 7.05 Å². The Morgan fingerprint density at radius 1 is 0.885 bits per heavy atom. The zero-order valence-corrected chi connectivity index (χ0v) is 14.2. The molecule has 3 aromatic carbocycles. The average molecular weight is 343 g/mol. The molecule has 0 unspecified atom stereocenters. The maximum atomic E-state index is 11.9. The highest BCUT2D eigenvalue weighted by Gasteiger charge is 2.09. The molecule has 5 nitrogen and oxygen atoms in total. The largest absolute Gasteiger partial charge is 0.341 e. The van der Waals surface area contributed by atoms with Crippen molar-refractivity contribution in [1.29, 1.82) is 0 Å². The average Bonchev–Trinajstić information content (AvgIpc) is 2.66. The molecule has 5 heteroatoms. The Morgan fingerprint density at radius 3 is 2.35 bits per heavy atom. The SMILES string of the molecule is Cn1c(=O)cc(Nc2cccc3cccc(-c4ccccc4)c23)[nH]c1=O. The van der Waals surface area contributed by atoms with E-state index in [9.17, 15) is 9.59 Å². The highest BCUT2D eigenvalue weighted by Crippen LogP contribution is 2.34. The third-order valence-electron chi connectivity index (χ3n) is 4.40. The zero-order valence-electron chi connectivity index (χ0n) is 14.2. The summed E-state index contributed by atoms with van der Waals surface area (Å²) in [6, 6.07) is 23.5. The lowest BCUT2D eigenvalue weighted by atomic mass is 9.97. The van der Waals surface area contributed by atoms with Crippen LogP contribution in [0.2, 0.25) is 0 Å². The fraction of sp³-hybridized carbons (Fsp3) is 0.0476. The number of anilines is 2. The van der Waals surface area contributed by atoms with Crippen LogP contribution >= 0.6 is 0 Å². The molecule has 0 spiro atoms. The lowest BCUT2D eigenvalue weighted by Gasteiger charge is -2.14. The molecule has 2 N–H and O–H groups in total. The predicted octanol–water partition coefficient (Wildman–Crippen LogP) is 3.64. The smallest absolute Gasteiger partial charge is 0.329 e. The molecule has 0 aliphatic rings. The summed E-state index contributed by atoms with van der Waals surface area (Å²) < 4.78 is 1.03. The van der Waals surface area contributed by atoms with Gasteiger partial charge < -0.3 is 5.32 Å². The van der Waals surface area contributed by atoms with Gasteiger partial charge in [0.15, 0.2) is 0 Å². The van der Waals surface area contributed by atoms with Crippen LogP contribution in [-0.4, -0.2) is 9.55 Å². The summed E-state index contributed by atoms with van der Waals surface area (Å²) in [7, 11) is 1.44. The molecule has 4 rings (SSSR count). The summed E-state index contributed by atoms with van der Waals surface area (Å²) in [5.41, 5.74) is 2.19. The van der Waals surface area contributed by atoms with Crippen molar-refractivity contribution in [2.45, 2.75) is 0 Å². The van der Waals surface area contributed by atoms with Crippen LogP contribution in [-0.2, 0) is 7.05 Å². The van der Waals surface area contributed by atoms with Gasteiger partial charge >= 0.3 is 5.69 Å². The van der Waals surface area contributed by atoms with E-state index < -0.39 is 5.69 Å². The maximum absolute atomic E-state index is 11.9. The molecule has 0 amide bonds. The number of nitrogens with zero attached hydrogens (tertiary/aromatic N) is 1. The monoisotopic (exact) mass is 343 g/mol. The molecule has 0 fully saturated rings. The van der Waals surface area contributed by atoms with Crippen LogP contribution < -0.4 is 16.6 Å². The molecule has 1 aromatic heterocycles. The van der Waals surface area contributed by atoms with Crippen molar-refractivity contribution >= 4 is 22.3 Å². The van der Waals surface area contributed by atoms with Gasteiger partial charge in [0.1, 0.15) is 5.82 Å². The van der Waals surface area contributed by atoms with Crippen LogP contribution in [0.3, 0.4) is 0 Å². The second-order valence-corrected chi connectivity index (χ2v) is 6.09. The van der Waals surface area contributed by atoms with E-state index in [2.05, 4.69) is 28.5 Å². The van der Waals surface area contributed by atoms with Crippen molar-refractivity contribution in [3.8, 4) is 11.1 Å². The molecule has 0 saturated carbocycles. The van der Waals surface area contributed by atoms with Crippen LogP contribution in [0.15, 0.2) is 82.4 Å². The minimum absolute atomic E-state index is 0.361. The minimum atomic E-state index is -0.455. The van der Waals surface area contributed by atoms with Crippen LogP contribution in [0.5, 0.6) is 0 Å². The molecule has 0 bridgehead atoms. The summed E-state index contributed by atoms with van der Waals surface area (Å²) in [5, 5.41) is 5.30. The van der Waals surface area contributed by atoms with E-state index in [0.717, 1.165) is 32.2 Å². The fourth-order valence-corrected chi connectivity index (χ4v) is 3.07. The summed E-state index contributed by atoms with van der Waals surface area (Å²) in [4.78, 5) is 26.5. The summed E-state index contributed by atoms with van der Waals surface area (Å²) in [6.45, 7) is 0. The lowest BCUT2D eigenvalue weighted by Crippen LogP contribution is -2.32. The molecule has 0 aliphatic carbocycles. The second-order valence-electron chi connectivity index (χ2n) is 6.09. The van der Waals surface area contributed by atoms with E-state index in [4.69, 9.17) is 0 Å². The Balaban J connectivity index is 1.91. The van der Waals surface area contributed by atoms with Crippen molar-refractivity contribution in [1.82, 2.24) is 9.55 Å². The Labute approximate surface area is 149 Å². The predicted molar refractivity (Wildman–Crippen MR) is 105 cm³/mol. The number of nitrogens with one attached hydrogen (secondary N) is 2. The normalized spacial score (nSPS) is 10.8. The maximum Gasteiger partial charge on any atom is 0.329 e. The summed E-state index contributed by atoms with van der Waals surface area (Å²) in [6.07, 6.45) is 0. The van der Waals surface area contributed by atoms with Crippen LogP contribution in [0.4, 0.5) is 11.5 Å². The molecule has 26 heavy (non-hydrogen) atoms. The van der Waals surface area contributed by atoms with E-state index in [1.165, 1.54) is 13.1 Å². The number of benzene rings is 3. The van der Waals surface area contributed by atoms with Gasteiger partial charge in [0.05, 0.1) is 0 Å². The number of aromatic nitrogens is 2. The van der Waals surface area contributed by atoms with Crippen LogP contribution in [0, 0.1) is 0 Å². The Morgan fingerprint density at radius 2 is 1.62 bits per heavy atom. The molecular formula is C21H17N3O2. The molecule has 0 atom stereocenters. The first kappa shape index (κ1) is 15.9. The first-order valence-corrected chi connectivity index (χ1v) is 8.28. The third-order valence-corrected chi connectivity index (χ3v) is 4.40. The molecule has 0 aliphatic heterocycles. The van der Waals surface area contributed by atoms with Crippen molar-refractivity contribution in [3.63, 3.8) is 0 Å². The van der Waals surface area contributed by atoms with E-state index in [-0.39, 0.29) is 5.56 Å². The number of aromatic amines is 1. The van der Waals surface area contributed by atoms with Gasteiger partial charge in [0.2, 0.25) is 0 Å². The molecule has 4 aromatic rings. The number of hydrogen-bond donors (Lipinski definition) is 2. The highest BCUT2D eigenvalue weighted by atomic mass is 16.2. The van der Waals surface area contributed by atoms with Gasteiger partial charge in [-0.3, -0.25) is 14.3 Å². The van der Waals surface area contributed by atoms with Gasteiger partial charge in [-0.15, -0.1) is 0 Å². The van der Waals surface area contributed by atoms with Gasteiger partial charge in [-0.2, -0.15) is 0 Å². The van der Waals surface area contributed by atoms with Gasteiger partial charge in [0.25, 0.3) is 5.56 Å². The second kappa shape index (κ2) is 6.37. The molecule has 0 saturated heterocycles. The van der Waals surface area contributed by atoms with Crippen molar-refractivity contribution in [3.05, 3.63) is 93.6 Å². The third kappa shape index (κ3) is 2.80. The minimum Gasteiger partial charge on any atom is -0.341 e. The van der Waals surface area contributed by atoms with E-state index in [0.29, 0.717) is 5.82 Å². The van der Waals surface area contributed by atoms with E-state index >= 15 is 0 Å². The fourth-order valence-electron chi connectivity index (χ4n) is 3.07. The summed E-state index contributed by atoms with van der Waals surface area (Å²) in [5.74, 6) is 0.369. The number of rotatable bonds is 3. The van der Waals surface area contributed by atoms with Crippen molar-refractivity contribution < 1.29 is 0 Å². The molecular weight excluding hydrogens is 326 g/mol. The van der Waals surface area contributed by atoms with Gasteiger partial charge in [-0.25, -0.2) is 4.79 Å². The Hall–Kier alpha value is -3.60. The van der Waals surface area contributed by atoms with Gasteiger partial charge in [0, 0.05) is 24.2 Å². The van der Waals surface area contributed by atoms with E-state index in [1.807, 2.05) is 48.5 Å². The first-order chi connectivity index (χ1) is 12.6. The standard InChI is InChI=1S/C21H17N3O2/c1-24-19(25)13-18(23-21(24)26)22-17-12-6-10-15-9-5-11-16(20(15)17)14-7-3-2-4-8-14/h2-13,22H,1H3,(H,23,26). The van der Waals surface area contributed by atoms with Gasteiger partial charge in [-0.1, -0.05) is 60.7 Å². The van der Waals surface area contributed by atoms with Gasteiger partial charge in [-0.05, 0) is 22.6 Å². The lowest BCUT2D eigenvalue weighted by molar-refractivity contribution is 0.778. The first-order valence-electron chi connectivity index (χ1n) is 8.28. The summed E-state index contributed by atoms with van der Waals surface area (Å²) >= 11 is 0. The van der Waals surface area contributed by atoms with Crippen LogP contribution in [0.1, 0.15) is 0 Å². The Bertz CT molecular complexity index is 1170. The van der Waals surface area contributed by atoms with E-state index in [1.54, 1.807) is 0 Å². The molecule has 0 radical (unpaired) electrons. The van der Waals surface area contributed by atoms with Crippen LogP contribution in [0.25, 0.3) is 21.9 Å². The number of hydrogen-bond acceptors (Lipinski definition) is 3. The quantitative estimate of drug-likeness (QED) is 0.597. The Kier molecular flexibility index (Phi) is 3.89. The highest BCUT2D eigenvalue weighted by molar-refractivity contribution is 6.05. The zero-order chi connectivity index (χ0) is 18.1. The topological polar surface area (TPSA) is 66.9 Å². The van der Waals surface area contributed by atoms with Crippen molar-refractivity contribution in [2.75, 3.05) is 5.32 Å².